The van der Waals surface area contributed by atoms with E-state index in [2.05, 4.69) is 43.1 Å². The summed E-state index contributed by atoms with van der Waals surface area (Å²) in [6.07, 6.45) is 3.76. The molecule has 0 spiro atoms. The number of carbonyl (C=O) groups is 1. The van der Waals surface area contributed by atoms with Gasteiger partial charge in [-0.3, -0.25) is 4.79 Å². The minimum absolute atomic E-state index is 0.304. The lowest BCUT2D eigenvalue weighted by molar-refractivity contribution is 0.111. The van der Waals surface area contributed by atoms with Crippen molar-refractivity contribution in [1.29, 1.82) is 0 Å². The van der Waals surface area contributed by atoms with Crippen molar-refractivity contribution >= 4 is 17.9 Å². The quantitative estimate of drug-likeness (QED) is 0.752. The minimum Gasteiger partial charge on any atom is -0.320 e. The molecular weight excluding hydrogens is 272 g/mol. The molecule has 0 aliphatic rings. The topological polar surface area (TPSA) is 34.9 Å². The third-order valence-corrected chi connectivity index (χ3v) is 3.65. The molecule has 0 bridgehead atoms. The fraction of sp³-hybridized carbons (Fsp3) is 0.375. The molecule has 0 aliphatic heterocycles. The molecule has 106 valence electrons. The van der Waals surface area contributed by atoms with Gasteiger partial charge in [0.2, 0.25) is 0 Å². The first-order valence-corrected chi connectivity index (χ1v) is 7.29. The minimum atomic E-state index is 0.304. The average molecular weight is 291 g/mol. The first-order valence-electron chi connectivity index (χ1n) is 6.91. The number of aryl methyl sites for hydroxylation is 2. The number of hydrogen-bond acceptors (Lipinski definition) is 2. The molecule has 0 atom stereocenters. The molecule has 4 heteroatoms. The third-order valence-electron chi connectivity index (χ3n) is 3.37. The first kappa shape index (κ1) is 14.8. The van der Waals surface area contributed by atoms with Crippen molar-refractivity contribution < 1.29 is 4.79 Å². The van der Waals surface area contributed by atoms with Crippen LogP contribution in [0.15, 0.2) is 24.3 Å². The predicted octanol–water partition coefficient (Wildman–Crippen LogP) is 4.05. The van der Waals surface area contributed by atoms with Gasteiger partial charge in [0.1, 0.15) is 11.5 Å². The highest BCUT2D eigenvalue weighted by molar-refractivity contribution is 6.31. The Morgan fingerprint density at radius 2 is 2.00 bits per heavy atom. The molecule has 2 rings (SSSR count). The van der Waals surface area contributed by atoms with E-state index in [4.69, 9.17) is 11.6 Å². The molecule has 0 N–H and O–H groups in total. The Labute approximate surface area is 124 Å². The summed E-state index contributed by atoms with van der Waals surface area (Å²) in [7, 11) is 0. The molecule has 0 saturated carbocycles. The number of halogens is 1. The van der Waals surface area contributed by atoms with E-state index in [-0.39, 0.29) is 0 Å². The second-order valence-corrected chi connectivity index (χ2v) is 5.36. The van der Waals surface area contributed by atoms with E-state index < -0.39 is 0 Å². The van der Waals surface area contributed by atoms with E-state index in [0.29, 0.717) is 17.4 Å². The number of benzene rings is 1. The maximum absolute atomic E-state index is 11.2. The van der Waals surface area contributed by atoms with Crippen LogP contribution in [0.2, 0.25) is 5.15 Å². The van der Waals surface area contributed by atoms with Crippen molar-refractivity contribution in [2.75, 3.05) is 0 Å². The molecule has 1 aromatic carbocycles. The zero-order valence-electron chi connectivity index (χ0n) is 11.9. The molecule has 1 aromatic heterocycles. The summed E-state index contributed by atoms with van der Waals surface area (Å²) in [5, 5.41) is 0.304. The zero-order valence-corrected chi connectivity index (χ0v) is 12.7. The Hall–Kier alpha value is -1.61. The molecule has 1 heterocycles. The van der Waals surface area contributed by atoms with Crippen LogP contribution in [0, 0.1) is 6.92 Å². The van der Waals surface area contributed by atoms with Crippen LogP contribution in [-0.2, 0) is 13.0 Å². The molecule has 0 radical (unpaired) electrons. The van der Waals surface area contributed by atoms with Gasteiger partial charge in [0.25, 0.3) is 0 Å². The highest BCUT2D eigenvalue weighted by Gasteiger charge is 2.15. The van der Waals surface area contributed by atoms with Crippen molar-refractivity contribution in [2.45, 2.75) is 39.7 Å². The highest BCUT2D eigenvalue weighted by Crippen LogP contribution is 2.19. The van der Waals surface area contributed by atoms with Gasteiger partial charge in [-0.15, -0.1) is 0 Å². The third kappa shape index (κ3) is 3.28. The highest BCUT2D eigenvalue weighted by atomic mass is 35.5. The van der Waals surface area contributed by atoms with Crippen LogP contribution in [0.5, 0.6) is 0 Å². The van der Waals surface area contributed by atoms with E-state index in [0.717, 1.165) is 36.9 Å². The van der Waals surface area contributed by atoms with Crippen LogP contribution < -0.4 is 0 Å². The number of imidazole rings is 1. The normalized spacial score (nSPS) is 10.8. The van der Waals surface area contributed by atoms with Crippen LogP contribution in [0.25, 0.3) is 0 Å². The lowest BCUT2D eigenvalue weighted by Crippen LogP contribution is -2.08. The SMILES string of the molecule is CCCCc1nc(Cl)c(C=O)n1Cc1ccc(C)cc1. The molecule has 20 heavy (non-hydrogen) atoms. The van der Waals surface area contributed by atoms with Crippen molar-refractivity contribution in [1.82, 2.24) is 9.55 Å². The van der Waals surface area contributed by atoms with Gasteiger partial charge in [-0.25, -0.2) is 4.98 Å². The van der Waals surface area contributed by atoms with Crippen LogP contribution in [0.4, 0.5) is 0 Å². The second-order valence-electron chi connectivity index (χ2n) is 5.00. The van der Waals surface area contributed by atoms with Crippen molar-refractivity contribution in [3.8, 4) is 0 Å². The van der Waals surface area contributed by atoms with Gasteiger partial charge < -0.3 is 4.57 Å². The maximum Gasteiger partial charge on any atom is 0.169 e. The summed E-state index contributed by atoms with van der Waals surface area (Å²) in [5.41, 5.74) is 2.84. The Bertz CT molecular complexity index is 587. The zero-order chi connectivity index (χ0) is 14.5. The van der Waals surface area contributed by atoms with E-state index >= 15 is 0 Å². The van der Waals surface area contributed by atoms with Crippen molar-refractivity contribution in [2.24, 2.45) is 0 Å². The number of unbranched alkanes of at least 4 members (excludes halogenated alkanes) is 1. The molecule has 3 nitrogen and oxygen atoms in total. The van der Waals surface area contributed by atoms with Crippen LogP contribution in [0.1, 0.15) is 47.2 Å². The van der Waals surface area contributed by atoms with Gasteiger partial charge in [-0.05, 0) is 18.9 Å². The van der Waals surface area contributed by atoms with Crippen LogP contribution in [-0.4, -0.2) is 15.8 Å². The fourth-order valence-corrected chi connectivity index (χ4v) is 2.42. The van der Waals surface area contributed by atoms with Crippen LogP contribution >= 0.6 is 11.6 Å². The van der Waals surface area contributed by atoms with E-state index in [1.54, 1.807) is 0 Å². The predicted molar refractivity (Wildman–Crippen MR) is 81.5 cm³/mol. The van der Waals surface area contributed by atoms with Gasteiger partial charge in [0.05, 0.1) is 0 Å². The van der Waals surface area contributed by atoms with Gasteiger partial charge in [-0.2, -0.15) is 0 Å². The molecule has 0 unspecified atom stereocenters. The van der Waals surface area contributed by atoms with Gasteiger partial charge in [0.15, 0.2) is 11.4 Å². The molecule has 0 amide bonds. The molecule has 0 saturated heterocycles. The Kier molecular flexibility index (Phi) is 4.96. The largest absolute Gasteiger partial charge is 0.320 e. The summed E-state index contributed by atoms with van der Waals surface area (Å²) < 4.78 is 1.93. The summed E-state index contributed by atoms with van der Waals surface area (Å²) >= 11 is 6.06. The van der Waals surface area contributed by atoms with Crippen LogP contribution in [0.3, 0.4) is 0 Å². The van der Waals surface area contributed by atoms with E-state index in [1.807, 2.05) is 4.57 Å². The van der Waals surface area contributed by atoms with E-state index in [1.165, 1.54) is 5.56 Å². The number of rotatable bonds is 6. The lowest BCUT2D eigenvalue weighted by Gasteiger charge is -2.09. The van der Waals surface area contributed by atoms with Crippen molar-refractivity contribution in [3.05, 3.63) is 52.1 Å². The number of nitrogens with zero attached hydrogens (tertiary/aromatic N) is 2. The van der Waals surface area contributed by atoms with Crippen molar-refractivity contribution in [3.63, 3.8) is 0 Å². The summed E-state index contributed by atoms with van der Waals surface area (Å²) in [5.74, 6) is 0.888. The first-order chi connectivity index (χ1) is 9.65. The summed E-state index contributed by atoms with van der Waals surface area (Å²) in [6.45, 7) is 4.82. The number of carbonyl (C=O) groups excluding carboxylic acids is 1. The van der Waals surface area contributed by atoms with Gasteiger partial charge in [-0.1, -0.05) is 54.8 Å². The Morgan fingerprint density at radius 3 is 2.60 bits per heavy atom. The van der Waals surface area contributed by atoms with Gasteiger partial charge in [0, 0.05) is 13.0 Å². The standard InChI is InChI=1S/C16H19ClN2O/c1-3-4-5-15-18-16(17)14(11-20)19(15)10-13-8-6-12(2)7-9-13/h6-9,11H,3-5,10H2,1-2H3. The lowest BCUT2D eigenvalue weighted by atomic mass is 10.1. The summed E-state index contributed by atoms with van der Waals surface area (Å²) in [6, 6.07) is 8.28. The number of aromatic nitrogens is 2. The van der Waals surface area contributed by atoms with E-state index in [9.17, 15) is 4.79 Å². The second kappa shape index (κ2) is 6.71. The fourth-order valence-electron chi connectivity index (χ4n) is 2.17. The van der Waals surface area contributed by atoms with Gasteiger partial charge >= 0.3 is 0 Å². The maximum atomic E-state index is 11.2. The average Bonchev–Trinajstić information content (AvgIpc) is 2.74. The number of hydrogen-bond donors (Lipinski definition) is 0. The molecular formula is C16H19ClN2O. The molecule has 0 aliphatic carbocycles. The summed E-state index contributed by atoms with van der Waals surface area (Å²) in [4.78, 5) is 15.6. The molecule has 0 fully saturated rings. The smallest absolute Gasteiger partial charge is 0.169 e. The molecule has 2 aromatic rings. The Morgan fingerprint density at radius 1 is 1.30 bits per heavy atom. The number of aldehydes is 1. The monoisotopic (exact) mass is 290 g/mol. The Balaban J connectivity index is 2.32.